The van der Waals surface area contributed by atoms with E-state index < -0.39 is 28.1 Å². The molecule has 116 valence electrons. The van der Waals surface area contributed by atoms with E-state index in [1.807, 2.05) is 0 Å². The van der Waals surface area contributed by atoms with Gasteiger partial charge in [0.2, 0.25) is 6.61 Å². The van der Waals surface area contributed by atoms with Crippen molar-refractivity contribution in [2.45, 2.75) is 64.5 Å². The third-order valence-corrected chi connectivity index (χ3v) is 3.03. The smallest absolute Gasteiger partial charge is 0.450 e. The maximum atomic E-state index is 11.4. The number of rotatable bonds is 11. The first-order valence-corrected chi connectivity index (χ1v) is 6.79. The molecule has 0 saturated carbocycles. The second-order valence-corrected chi connectivity index (χ2v) is 4.91. The fraction of sp³-hybridized carbons (Fsp3) is 0.917. The maximum absolute atomic E-state index is 11.4. The van der Waals surface area contributed by atoms with Crippen LogP contribution in [-0.2, 0) is 9.53 Å². The van der Waals surface area contributed by atoms with E-state index >= 15 is 0 Å². The number of hydrogen-bond acceptors (Lipinski definition) is 6. The molecule has 0 aromatic carbocycles. The van der Waals surface area contributed by atoms with Gasteiger partial charge < -0.3 is 4.74 Å². The first-order valence-electron chi connectivity index (χ1n) is 6.79. The average molecular weight is 290 g/mol. The van der Waals surface area contributed by atoms with Crippen LogP contribution in [0, 0.1) is 20.2 Å². The van der Waals surface area contributed by atoms with Crippen LogP contribution in [0.1, 0.15) is 58.8 Å². The highest BCUT2D eigenvalue weighted by Crippen LogP contribution is 2.12. The molecule has 20 heavy (non-hydrogen) atoms. The molecule has 0 atom stereocenters. The summed E-state index contributed by atoms with van der Waals surface area (Å²) in [5, 5.41) is 21.2. The highest BCUT2D eigenvalue weighted by atomic mass is 16.7. The van der Waals surface area contributed by atoms with Crippen molar-refractivity contribution >= 4 is 5.97 Å². The molecular weight excluding hydrogens is 268 g/mol. The van der Waals surface area contributed by atoms with Gasteiger partial charge in [-0.15, -0.1) is 0 Å². The molecule has 0 heterocycles. The molecule has 0 radical (unpaired) electrons. The van der Waals surface area contributed by atoms with Crippen molar-refractivity contribution in [1.29, 1.82) is 0 Å². The van der Waals surface area contributed by atoms with Crippen molar-refractivity contribution in [3.8, 4) is 0 Å². The fourth-order valence-electron chi connectivity index (χ4n) is 1.51. The van der Waals surface area contributed by atoms with Gasteiger partial charge in [0, 0.05) is 6.42 Å². The Morgan fingerprint density at radius 1 is 1.05 bits per heavy atom. The highest BCUT2D eigenvalue weighted by molar-refractivity contribution is 5.69. The molecule has 0 rings (SSSR count). The lowest BCUT2D eigenvalue weighted by Gasteiger charge is -2.12. The summed E-state index contributed by atoms with van der Waals surface area (Å²) >= 11 is 0. The van der Waals surface area contributed by atoms with E-state index in [4.69, 9.17) is 0 Å². The van der Waals surface area contributed by atoms with Gasteiger partial charge in [0.1, 0.15) is 9.85 Å². The van der Waals surface area contributed by atoms with Gasteiger partial charge in [-0.05, 0) is 6.42 Å². The molecule has 8 nitrogen and oxygen atoms in total. The minimum atomic E-state index is -2.48. The van der Waals surface area contributed by atoms with E-state index in [0.717, 1.165) is 39.0 Å². The monoisotopic (exact) mass is 290 g/mol. The molecule has 0 N–H and O–H groups in total. The van der Waals surface area contributed by atoms with Gasteiger partial charge in [-0.3, -0.25) is 25.0 Å². The van der Waals surface area contributed by atoms with Gasteiger partial charge in [0.05, 0.1) is 6.92 Å². The SMILES string of the molecule is CCCCCCCCC(=O)OCC(C)([N+](=O)[O-])[N+](=O)[O-]. The molecule has 0 spiro atoms. The summed E-state index contributed by atoms with van der Waals surface area (Å²) in [4.78, 5) is 30.5. The molecule has 0 aromatic heterocycles. The largest absolute Gasteiger partial charge is 0.488 e. The number of unbranched alkanes of at least 4 members (excludes halogenated alkanes) is 5. The van der Waals surface area contributed by atoms with E-state index in [1.165, 1.54) is 0 Å². The lowest BCUT2D eigenvalue weighted by atomic mass is 10.1. The maximum Gasteiger partial charge on any atom is 0.488 e. The highest BCUT2D eigenvalue weighted by Gasteiger charge is 2.52. The summed E-state index contributed by atoms with van der Waals surface area (Å²) in [7, 11) is 0. The van der Waals surface area contributed by atoms with E-state index in [-0.39, 0.29) is 6.42 Å². The summed E-state index contributed by atoms with van der Waals surface area (Å²) < 4.78 is 4.64. The Morgan fingerprint density at radius 3 is 2.05 bits per heavy atom. The Balaban J connectivity index is 3.92. The van der Waals surface area contributed by atoms with Gasteiger partial charge >= 0.3 is 11.6 Å². The molecule has 0 aliphatic heterocycles. The van der Waals surface area contributed by atoms with Gasteiger partial charge in [0.25, 0.3) is 0 Å². The van der Waals surface area contributed by atoms with E-state index in [1.54, 1.807) is 0 Å². The molecule has 0 saturated heterocycles. The molecule has 0 amide bonds. The zero-order valence-electron chi connectivity index (χ0n) is 12.0. The van der Waals surface area contributed by atoms with Crippen LogP contribution in [0.3, 0.4) is 0 Å². The molecular formula is C12H22N2O6. The standard InChI is InChI=1S/C12H22N2O6/c1-3-4-5-6-7-8-9-11(15)20-10-12(2,13(16)17)14(18)19/h3-10H2,1-2H3. The third kappa shape index (κ3) is 6.44. The zero-order chi connectivity index (χ0) is 15.6. The second kappa shape index (κ2) is 9.22. The van der Waals surface area contributed by atoms with Crippen LogP contribution in [-0.4, -0.2) is 28.1 Å². The topological polar surface area (TPSA) is 113 Å². The van der Waals surface area contributed by atoms with Gasteiger partial charge in [0.15, 0.2) is 0 Å². The van der Waals surface area contributed by atoms with Crippen LogP contribution in [0.2, 0.25) is 0 Å². The second-order valence-electron chi connectivity index (χ2n) is 4.91. The Kier molecular flexibility index (Phi) is 8.42. The molecule has 0 aromatic rings. The van der Waals surface area contributed by atoms with Crippen LogP contribution in [0.5, 0.6) is 0 Å². The quantitative estimate of drug-likeness (QED) is 0.190. The van der Waals surface area contributed by atoms with E-state index in [2.05, 4.69) is 11.7 Å². The first-order chi connectivity index (χ1) is 9.34. The van der Waals surface area contributed by atoms with Crippen LogP contribution in [0.15, 0.2) is 0 Å². The van der Waals surface area contributed by atoms with Crippen molar-refractivity contribution in [1.82, 2.24) is 0 Å². The molecule has 8 heteroatoms. The van der Waals surface area contributed by atoms with Crippen molar-refractivity contribution < 1.29 is 19.4 Å². The van der Waals surface area contributed by atoms with Crippen molar-refractivity contribution in [3.05, 3.63) is 20.2 Å². The number of ether oxygens (including phenoxy) is 1. The Morgan fingerprint density at radius 2 is 1.55 bits per heavy atom. The number of hydrogen-bond donors (Lipinski definition) is 0. The Labute approximate surface area is 117 Å². The average Bonchev–Trinajstić information content (AvgIpc) is 2.39. The predicted octanol–water partition coefficient (Wildman–Crippen LogP) is 2.55. The van der Waals surface area contributed by atoms with Crippen molar-refractivity contribution in [2.75, 3.05) is 6.61 Å². The van der Waals surface area contributed by atoms with Gasteiger partial charge in [-0.1, -0.05) is 39.0 Å². The summed E-state index contributed by atoms with van der Waals surface area (Å²) in [6.07, 6.45) is 6.11. The minimum Gasteiger partial charge on any atom is -0.450 e. The number of nitrogens with zero attached hydrogens (tertiary/aromatic N) is 2. The van der Waals surface area contributed by atoms with E-state index in [0.29, 0.717) is 6.42 Å². The van der Waals surface area contributed by atoms with Crippen LogP contribution in [0.25, 0.3) is 0 Å². The molecule has 0 bridgehead atoms. The number of nitro groups is 2. The Hall–Kier alpha value is -1.73. The molecule has 0 aliphatic rings. The molecule has 0 fully saturated rings. The Bertz CT molecular complexity index is 331. The van der Waals surface area contributed by atoms with Crippen LogP contribution in [0.4, 0.5) is 0 Å². The van der Waals surface area contributed by atoms with Crippen LogP contribution >= 0.6 is 0 Å². The number of carbonyl (C=O) groups excluding carboxylic acids is 1. The van der Waals surface area contributed by atoms with E-state index in [9.17, 15) is 25.0 Å². The summed E-state index contributed by atoms with van der Waals surface area (Å²) in [5.74, 6) is -0.629. The van der Waals surface area contributed by atoms with Crippen molar-refractivity contribution in [3.63, 3.8) is 0 Å². The van der Waals surface area contributed by atoms with Gasteiger partial charge in [-0.25, -0.2) is 0 Å². The summed E-state index contributed by atoms with van der Waals surface area (Å²) in [5.41, 5.74) is -2.48. The number of carbonyl (C=O) groups is 1. The molecule has 0 aliphatic carbocycles. The predicted molar refractivity (Wildman–Crippen MR) is 71.3 cm³/mol. The van der Waals surface area contributed by atoms with Gasteiger partial charge in [-0.2, -0.15) is 0 Å². The normalized spacial score (nSPS) is 11.1. The fourth-order valence-corrected chi connectivity index (χ4v) is 1.51. The summed E-state index contributed by atoms with van der Waals surface area (Å²) in [6, 6.07) is 0. The number of esters is 1. The minimum absolute atomic E-state index is 0.137. The summed E-state index contributed by atoms with van der Waals surface area (Å²) in [6.45, 7) is 2.09. The van der Waals surface area contributed by atoms with Crippen molar-refractivity contribution in [2.24, 2.45) is 0 Å². The first kappa shape index (κ1) is 18.3. The van der Waals surface area contributed by atoms with Crippen LogP contribution < -0.4 is 0 Å². The zero-order valence-corrected chi connectivity index (χ0v) is 12.0. The molecule has 0 unspecified atom stereocenters. The lowest BCUT2D eigenvalue weighted by Crippen LogP contribution is -2.47. The lowest BCUT2D eigenvalue weighted by molar-refractivity contribution is -0.793. The third-order valence-electron chi connectivity index (χ3n) is 3.03.